The molecule has 2 rings (SSSR count). The fourth-order valence-corrected chi connectivity index (χ4v) is 1.53. The zero-order valence-corrected chi connectivity index (χ0v) is 9.45. The summed E-state index contributed by atoms with van der Waals surface area (Å²) in [5, 5.41) is 3.23. The molecule has 0 unspecified atom stereocenters. The second kappa shape index (κ2) is 4.81. The van der Waals surface area contributed by atoms with E-state index in [1.54, 1.807) is 13.3 Å². The van der Waals surface area contributed by atoms with Crippen molar-refractivity contribution in [2.75, 3.05) is 12.4 Å². The monoisotopic (exact) mass is 217 g/mol. The number of H-pyrrole nitrogens is 1. The molecule has 0 spiro atoms. The van der Waals surface area contributed by atoms with Gasteiger partial charge in [-0.3, -0.25) is 0 Å². The summed E-state index contributed by atoms with van der Waals surface area (Å²) in [6, 6.07) is 8.01. The van der Waals surface area contributed by atoms with Gasteiger partial charge in [0.1, 0.15) is 0 Å². The van der Waals surface area contributed by atoms with Gasteiger partial charge in [-0.15, -0.1) is 0 Å². The summed E-state index contributed by atoms with van der Waals surface area (Å²) in [7, 11) is 1.69. The second-order valence-electron chi connectivity index (χ2n) is 3.63. The molecule has 0 saturated carbocycles. The molecule has 0 radical (unpaired) electrons. The molecule has 0 fully saturated rings. The zero-order valence-electron chi connectivity index (χ0n) is 9.45. The number of nitrogens with one attached hydrogen (secondary N) is 2. The summed E-state index contributed by atoms with van der Waals surface area (Å²) in [6.07, 6.45) is 1.79. The average Bonchev–Trinajstić information content (AvgIpc) is 2.67. The van der Waals surface area contributed by atoms with Crippen molar-refractivity contribution in [2.24, 2.45) is 0 Å². The number of hydrogen-bond donors (Lipinski definition) is 2. The molecule has 0 saturated heterocycles. The number of aryl methyl sites for hydroxylation is 1. The van der Waals surface area contributed by atoms with Crippen molar-refractivity contribution in [3.05, 3.63) is 41.7 Å². The van der Waals surface area contributed by atoms with Gasteiger partial charge in [-0.1, -0.05) is 18.2 Å². The Morgan fingerprint density at radius 1 is 1.38 bits per heavy atom. The maximum absolute atomic E-state index is 5.14. The van der Waals surface area contributed by atoms with Gasteiger partial charge in [-0.25, -0.2) is 4.98 Å². The number of hydrogen-bond acceptors (Lipinski definition) is 3. The number of benzene rings is 1. The van der Waals surface area contributed by atoms with E-state index >= 15 is 0 Å². The lowest BCUT2D eigenvalue weighted by Gasteiger charge is -2.08. The molecule has 2 aromatic rings. The van der Waals surface area contributed by atoms with E-state index in [1.807, 2.05) is 31.2 Å². The number of anilines is 2. The first-order valence-corrected chi connectivity index (χ1v) is 5.15. The van der Waals surface area contributed by atoms with Crippen LogP contribution in [0.25, 0.3) is 0 Å². The lowest BCUT2D eigenvalue weighted by atomic mass is 10.2. The average molecular weight is 217 g/mol. The molecular weight excluding hydrogens is 202 g/mol. The largest absolute Gasteiger partial charge is 0.380 e. The molecule has 0 aliphatic heterocycles. The van der Waals surface area contributed by atoms with E-state index in [1.165, 1.54) is 0 Å². The van der Waals surface area contributed by atoms with Gasteiger partial charge in [0.05, 0.1) is 6.61 Å². The van der Waals surface area contributed by atoms with Crippen LogP contribution in [0.5, 0.6) is 0 Å². The maximum Gasteiger partial charge on any atom is 0.204 e. The van der Waals surface area contributed by atoms with Crippen LogP contribution in [0.15, 0.2) is 30.5 Å². The molecule has 4 heteroatoms. The third-order valence-electron chi connectivity index (χ3n) is 2.27. The summed E-state index contributed by atoms with van der Waals surface area (Å²) < 4.78 is 5.14. The first kappa shape index (κ1) is 10.7. The van der Waals surface area contributed by atoms with Gasteiger partial charge >= 0.3 is 0 Å². The molecule has 16 heavy (non-hydrogen) atoms. The summed E-state index contributed by atoms with van der Waals surface area (Å²) in [6.45, 7) is 2.56. The Morgan fingerprint density at radius 3 is 2.88 bits per heavy atom. The van der Waals surface area contributed by atoms with Gasteiger partial charge in [-0.2, -0.15) is 0 Å². The van der Waals surface area contributed by atoms with Crippen molar-refractivity contribution in [1.82, 2.24) is 9.97 Å². The first-order chi connectivity index (χ1) is 7.79. The number of methoxy groups -OCH3 is 1. The number of para-hydroxylation sites is 1. The molecular formula is C12H15N3O. The minimum absolute atomic E-state index is 0.586. The fraction of sp³-hybridized carbons (Fsp3) is 0.250. The smallest absolute Gasteiger partial charge is 0.204 e. The Morgan fingerprint density at radius 2 is 2.19 bits per heavy atom. The molecule has 84 valence electrons. The van der Waals surface area contributed by atoms with Crippen LogP contribution in [0.4, 0.5) is 11.6 Å². The molecule has 0 atom stereocenters. The Bertz CT molecular complexity index is 465. The summed E-state index contributed by atoms with van der Waals surface area (Å²) in [5.41, 5.74) is 3.16. The van der Waals surface area contributed by atoms with Gasteiger partial charge in [0.2, 0.25) is 5.95 Å². The minimum Gasteiger partial charge on any atom is -0.380 e. The molecule has 1 aromatic carbocycles. The van der Waals surface area contributed by atoms with E-state index in [9.17, 15) is 0 Å². The quantitative estimate of drug-likeness (QED) is 0.827. The van der Waals surface area contributed by atoms with Crippen molar-refractivity contribution >= 4 is 11.6 Å². The van der Waals surface area contributed by atoms with Gasteiger partial charge < -0.3 is 15.0 Å². The minimum atomic E-state index is 0.586. The molecule has 0 amide bonds. The highest BCUT2D eigenvalue weighted by Crippen LogP contribution is 2.19. The van der Waals surface area contributed by atoms with E-state index in [0.29, 0.717) is 6.61 Å². The molecule has 0 aliphatic rings. The van der Waals surface area contributed by atoms with E-state index < -0.39 is 0 Å². The molecule has 1 heterocycles. The predicted molar refractivity (Wildman–Crippen MR) is 63.8 cm³/mol. The second-order valence-corrected chi connectivity index (χ2v) is 3.63. The highest BCUT2D eigenvalue weighted by molar-refractivity contribution is 5.58. The van der Waals surface area contributed by atoms with Crippen LogP contribution < -0.4 is 5.32 Å². The molecule has 1 aromatic heterocycles. The maximum atomic E-state index is 5.14. The van der Waals surface area contributed by atoms with Crippen LogP contribution in [0, 0.1) is 6.92 Å². The van der Waals surface area contributed by atoms with Crippen LogP contribution in [0.3, 0.4) is 0 Å². The predicted octanol–water partition coefficient (Wildman–Crippen LogP) is 2.61. The summed E-state index contributed by atoms with van der Waals surface area (Å²) in [5.74, 6) is 0.751. The third-order valence-corrected chi connectivity index (χ3v) is 2.27. The van der Waals surface area contributed by atoms with Crippen LogP contribution in [0.2, 0.25) is 0 Å². The van der Waals surface area contributed by atoms with E-state index in [2.05, 4.69) is 15.3 Å². The Balaban J connectivity index is 2.20. The Hall–Kier alpha value is -1.81. The number of ether oxygens (including phenoxy) is 1. The SMILES string of the molecule is COCc1ccccc1Nc1ncc(C)[nH]1. The highest BCUT2D eigenvalue weighted by atomic mass is 16.5. The van der Waals surface area contributed by atoms with Crippen molar-refractivity contribution in [2.45, 2.75) is 13.5 Å². The standard InChI is InChI=1S/C12H15N3O/c1-9-7-13-12(14-9)15-11-6-4-3-5-10(11)8-16-2/h3-7H,8H2,1-2H3,(H2,13,14,15). The van der Waals surface area contributed by atoms with Gasteiger partial charge in [0.25, 0.3) is 0 Å². The normalized spacial score (nSPS) is 10.4. The van der Waals surface area contributed by atoms with E-state index in [4.69, 9.17) is 4.74 Å². The lowest BCUT2D eigenvalue weighted by Crippen LogP contribution is -1.98. The lowest BCUT2D eigenvalue weighted by molar-refractivity contribution is 0.185. The fourth-order valence-electron chi connectivity index (χ4n) is 1.53. The first-order valence-electron chi connectivity index (χ1n) is 5.15. The van der Waals surface area contributed by atoms with Crippen molar-refractivity contribution in [1.29, 1.82) is 0 Å². The zero-order chi connectivity index (χ0) is 11.4. The summed E-state index contributed by atoms with van der Waals surface area (Å²) in [4.78, 5) is 7.34. The number of aromatic amines is 1. The number of imidazole rings is 1. The van der Waals surface area contributed by atoms with Crippen LogP contribution in [-0.2, 0) is 11.3 Å². The van der Waals surface area contributed by atoms with E-state index in [-0.39, 0.29) is 0 Å². The Labute approximate surface area is 94.7 Å². The van der Waals surface area contributed by atoms with Crippen LogP contribution in [0.1, 0.15) is 11.3 Å². The molecule has 4 nitrogen and oxygen atoms in total. The van der Waals surface area contributed by atoms with Crippen LogP contribution >= 0.6 is 0 Å². The number of aromatic nitrogens is 2. The Kier molecular flexibility index (Phi) is 3.22. The van der Waals surface area contributed by atoms with Gasteiger partial charge in [0, 0.05) is 30.3 Å². The molecule has 2 N–H and O–H groups in total. The number of rotatable bonds is 4. The van der Waals surface area contributed by atoms with Crippen LogP contribution in [-0.4, -0.2) is 17.1 Å². The molecule has 0 bridgehead atoms. The number of nitrogens with zero attached hydrogens (tertiary/aromatic N) is 1. The highest BCUT2D eigenvalue weighted by Gasteiger charge is 2.03. The summed E-state index contributed by atoms with van der Waals surface area (Å²) >= 11 is 0. The topological polar surface area (TPSA) is 49.9 Å². The molecule has 0 aliphatic carbocycles. The van der Waals surface area contributed by atoms with E-state index in [0.717, 1.165) is 22.9 Å². The third kappa shape index (κ3) is 2.41. The van der Waals surface area contributed by atoms with Crippen molar-refractivity contribution < 1.29 is 4.74 Å². The van der Waals surface area contributed by atoms with Crippen molar-refractivity contribution in [3.63, 3.8) is 0 Å². The van der Waals surface area contributed by atoms with Gasteiger partial charge in [-0.05, 0) is 13.0 Å². The van der Waals surface area contributed by atoms with Crippen molar-refractivity contribution in [3.8, 4) is 0 Å². The van der Waals surface area contributed by atoms with Gasteiger partial charge in [0.15, 0.2) is 0 Å².